The van der Waals surface area contributed by atoms with Crippen molar-refractivity contribution in [2.45, 2.75) is 57.9 Å². The van der Waals surface area contributed by atoms with E-state index in [-0.39, 0.29) is 5.91 Å². The second-order valence-corrected chi connectivity index (χ2v) is 8.23. The highest BCUT2D eigenvalue weighted by molar-refractivity contribution is 5.91. The van der Waals surface area contributed by atoms with Gasteiger partial charge in [0.1, 0.15) is 0 Å². The third-order valence-electron chi connectivity index (χ3n) is 6.27. The summed E-state index contributed by atoms with van der Waals surface area (Å²) in [4.78, 5) is 16.5. The van der Waals surface area contributed by atoms with Crippen molar-refractivity contribution in [3.8, 4) is 0 Å². The van der Waals surface area contributed by atoms with Gasteiger partial charge in [-0.05, 0) is 56.9 Å². The fourth-order valence-electron chi connectivity index (χ4n) is 4.40. The highest BCUT2D eigenvalue weighted by atomic mass is 16.1. The lowest BCUT2D eigenvalue weighted by molar-refractivity contribution is -0.898. The standard InChI is InChI=1S/C22H36N4O/c1-2-25-14-16-26(17-15-25)21-12-10-20(11-13-21)24-22(27)18-23-19-8-6-4-3-5-7-9-19/h10-13,19,23H,2-9,14-18H2,1H3,(H,24,27)/p+2. The first-order chi connectivity index (χ1) is 13.2. The summed E-state index contributed by atoms with van der Waals surface area (Å²) >= 11 is 0. The molecule has 0 aromatic heterocycles. The number of piperazine rings is 1. The zero-order valence-electron chi connectivity index (χ0n) is 17.0. The molecule has 150 valence electrons. The van der Waals surface area contributed by atoms with E-state index in [0.717, 1.165) is 18.8 Å². The Balaban J connectivity index is 1.41. The first kappa shape index (κ1) is 20.2. The summed E-state index contributed by atoms with van der Waals surface area (Å²) in [5.74, 6) is 0.116. The summed E-state index contributed by atoms with van der Waals surface area (Å²) in [6, 6.07) is 9.00. The number of anilines is 2. The average Bonchev–Trinajstić information content (AvgIpc) is 2.68. The van der Waals surface area contributed by atoms with Crippen LogP contribution in [0, 0.1) is 0 Å². The first-order valence-corrected chi connectivity index (χ1v) is 11.1. The third-order valence-corrected chi connectivity index (χ3v) is 6.27. The quantitative estimate of drug-likeness (QED) is 0.697. The summed E-state index contributed by atoms with van der Waals surface area (Å²) in [6.45, 7) is 8.68. The van der Waals surface area contributed by atoms with Crippen LogP contribution in [0.5, 0.6) is 0 Å². The van der Waals surface area contributed by atoms with Gasteiger partial charge in [-0.25, -0.2) is 0 Å². The van der Waals surface area contributed by atoms with Crippen LogP contribution in [0.15, 0.2) is 24.3 Å². The molecule has 5 heteroatoms. The molecule has 0 unspecified atom stereocenters. The number of quaternary nitrogens is 2. The van der Waals surface area contributed by atoms with Gasteiger partial charge in [-0.15, -0.1) is 0 Å². The van der Waals surface area contributed by atoms with Gasteiger partial charge in [0.15, 0.2) is 6.54 Å². The predicted octanol–water partition coefficient (Wildman–Crippen LogP) is 1.03. The fraction of sp³-hybridized carbons (Fsp3) is 0.682. The lowest BCUT2D eigenvalue weighted by atomic mass is 9.97. The van der Waals surface area contributed by atoms with Gasteiger partial charge in [0.2, 0.25) is 0 Å². The van der Waals surface area contributed by atoms with Gasteiger partial charge in [0.25, 0.3) is 5.91 Å². The van der Waals surface area contributed by atoms with Crippen molar-refractivity contribution in [2.24, 2.45) is 0 Å². The summed E-state index contributed by atoms with van der Waals surface area (Å²) in [7, 11) is 0. The normalized spacial score (nSPS) is 20.1. The van der Waals surface area contributed by atoms with Gasteiger partial charge in [0, 0.05) is 11.4 Å². The van der Waals surface area contributed by atoms with Crippen LogP contribution in [0.25, 0.3) is 0 Å². The second kappa shape index (κ2) is 10.7. The van der Waals surface area contributed by atoms with Crippen molar-refractivity contribution in [2.75, 3.05) is 49.5 Å². The Morgan fingerprint density at radius 3 is 2.33 bits per heavy atom. The van der Waals surface area contributed by atoms with Crippen LogP contribution in [0.3, 0.4) is 0 Å². The Morgan fingerprint density at radius 2 is 1.70 bits per heavy atom. The van der Waals surface area contributed by atoms with Gasteiger partial charge in [-0.2, -0.15) is 0 Å². The molecule has 27 heavy (non-hydrogen) atoms. The van der Waals surface area contributed by atoms with Crippen LogP contribution < -0.4 is 20.4 Å². The van der Waals surface area contributed by atoms with Crippen molar-refractivity contribution < 1.29 is 15.0 Å². The molecular weight excluding hydrogens is 336 g/mol. The Kier molecular flexibility index (Phi) is 7.96. The molecule has 2 aliphatic rings. The molecule has 1 saturated carbocycles. The predicted molar refractivity (Wildman–Crippen MR) is 111 cm³/mol. The molecule has 0 spiro atoms. The van der Waals surface area contributed by atoms with Crippen LogP contribution in [-0.2, 0) is 4.79 Å². The summed E-state index contributed by atoms with van der Waals surface area (Å²) in [6.07, 6.45) is 9.26. The number of hydrogen-bond acceptors (Lipinski definition) is 2. The number of carbonyl (C=O) groups is 1. The number of likely N-dealkylation sites (N-methyl/N-ethyl adjacent to an activating group) is 1. The van der Waals surface area contributed by atoms with Crippen LogP contribution in [0.1, 0.15) is 51.9 Å². The van der Waals surface area contributed by atoms with Gasteiger partial charge < -0.3 is 20.4 Å². The maximum atomic E-state index is 12.3. The van der Waals surface area contributed by atoms with E-state index in [4.69, 9.17) is 0 Å². The number of amides is 1. The molecule has 5 nitrogen and oxygen atoms in total. The van der Waals surface area contributed by atoms with Crippen molar-refractivity contribution in [1.82, 2.24) is 0 Å². The largest absolute Gasteiger partial charge is 0.360 e. The molecule has 0 atom stereocenters. The molecule has 1 aromatic rings. The lowest BCUT2D eigenvalue weighted by Gasteiger charge is -2.33. The van der Waals surface area contributed by atoms with Crippen LogP contribution in [0.4, 0.5) is 11.4 Å². The van der Waals surface area contributed by atoms with Crippen molar-refractivity contribution in [3.05, 3.63) is 24.3 Å². The van der Waals surface area contributed by atoms with E-state index >= 15 is 0 Å². The Hall–Kier alpha value is -1.59. The van der Waals surface area contributed by atoms with Crippen LogP contribution in [-0.4, -0.2) is 51.2 Å². The number of rotatable bonds is 6. The van der Waals surface area contributed by atoms with E-state index in [2.05, 4.69) is 34.6 Å². The van der Waals surface area contributed by atoms with E-state index in [1.807, 2.05) is 12.1 Å². The molecule has 0 bridgehead atoms. The minimum absolute atomic E-state index is 0.116. The number of benzene rings is 1. The molecule has 1 aliphatic heterocycles. The smallest absolute Gasteiger partial charge is 0.279 e. The lowest BCUT2D eigenvalue weighted by Crippen LogP contribution is -3.14. The summed E-state index contributed by atoms with van der Waals surface area (Å²) < 4.78 is 0. The topological polar surface area (TPSA) is 53.4 Å². The van der Waals surface area contributed by atoms with E-state index in [1.165, 1.54) is 70.3 Å². The van der Waals surface area contributed by atoms with Gasteiger partial charge in [0.05, 0.1) is 38.8 Å². The third kappa shape index (κ3) is 6.51. The molecule has 2 fully saturated rings. The zero-order valence-corrected chi connectivity index (χ0v) is 17.0. The molecule has 1 aromatic carbocycles. The zero-order chi connectivity index (χ0) is 18.9. The SMILES string of the molecule is CC[NH+]1CCN(c2ccc(NC(=O)C[NH2+]C3CCCCCCC3)cc2)CC1. The maximum absolute atomic E-state index is 12.3. The van der Waals surface area contributed by atoms with E-state index in [1.54, 1.807) is 4.90 Å². The molecule has 1 amide bonds. The molecule has 4 N–H and O–H groups in total. The van der Waals surface area contributed by atoms with Gasteiger partial charge in [-0.1, -0.05) is 19.3 Å². The molecule has 0 radical (unpaired) electrons. The minimum atomic E-state index is 0.116. The van der Waals surface area contributed by atoms with E-state index in [9.17, 15) is 4.79 Å². The van der Waals surface area contributed by atoms with Crippen molar-refractivity contribution >= 4 is 17.3 Å². The van der Waals surface area contributed by atoms with E-state index in [0.29, 0.717) is 12.6 Å². The highest BCUT2D eigenvalue weighted by Gasteiger charge is 2.19. The number of nitrogens with two attached hydrogens (primary N) is 1. The fourth-order valence-corrected chi connectivity index (χ4v) is 4.40. The molecule has 1 heterocycles. The van der Waals surface area contributed by atoms with Crippen LogP contribution in [0.2, 0.25) is 0 Å². The van der Waals surface area contributed by atoms with Gasteiger partial charge in [-0.3, -0.25) is 4.79 Å². The Labute approximate surface area is 164 Å². The first-order valence-electron chi connectivity index (χ1n) is 11.1. The van der Waals surface area contributed by atoms with Gasteiger partial charge >= 0.3 is 0 Å². The van der Waals surface area contributed by atoms with Crippen LogP contribution >= 0.6 is 0 Å². The minimum Gasteiger partial charge on any atom is -0.360 e. The summed E-state index contributed by atoms with van der Waals surface area (Å²) in [5.41, 5.74) is 2.18. The van der Waals surface area contributed by atoms with E-state index < -0.39 is 0 Å². The molecule has 3 rings (SSSR count). The molecular formula is C22H38N4O+2. The summed E-state index contributed by atoms with van der Waals surface area (Å²) in [5, 5.41) is 5.32. The number of hydrogen-bond donors (Lipinski definition) is 3. The number of nitrogens with one attached hydrogen (secondary N) is 2. The number of nitrogens with zero attached hydrogens (tertiary/aromatic N) is 1. The monoisotopic (exact) mass is 374 g/mol. The Bertz CT molecular complexity index is 558. The Morgan fingerprint density at radius 1 is 1.07 bits per heavy atom. The second-order valence-electron chi connectivity index (χ2n) is 8.23. The van der Waals surface area contributed by atoms with Crippen molar-refractivity contribution in [3.63, 3.8) is 0 Å². The maximum Gasteiger partial charge on any atom is 0.279 e. The average molecular weight is 375 g/mol. The number of carbonyl (C=O) groups excluding carboxylic acids is 1. The van der Waals surface area contributed by atoms with Crippen molar-refractivity contribution in [1.29, 1.82) is 0 Å². The highest BCUT2D eigenvalue weighted by Crippen LogP contribution is 2.18. The molecule has 1 aliphatic carbocycles. The molecule has 1 saturated heterocycles.